The molecule has 0 spiro atoms. The van der Waals surface area contributed by atoms with Gasteiger partial charge in [-0.15, -0.1) is 0 Å². The van der Waals surface area contributed by atoms with Crippen LogP contribution in [0.1, 0.15) is 27.0 Å². The van der Waals surface area contributed by atoms with Gasteiger partial charge in [-0.2, -0.15) is 0 Å². The van der Waals surface area contributed by atoms with Crippen LogP contribution in [-0.4, -0.2) is 29.9 Å². The SMILES string of the molecule is Cc1cc2c(cc1C(=O)O)OC(c1ccccc1)(c1ccccc1)O2.[LiH]. The molecular formula is C21H17LiO4. The molecule has 0 saturated heterocycles. The molecule has 4 rings (SSSR count). The molecule has 1 aliphatic rings. The molecule has 1 heterocycles. The van der Waals surface area contributed by atoms with Gasteiger partial charge in [0.25, 0.3) is 0 Å². The zero-order valence-corrected chi connectivity index (χ0v) is 13.6. The average molecular weight is 340 g/mol. The van der Waals surface area contributed by atoms with E-state index >= 15 is 0 Å². The number of carbonyl (C=O) groups is 1. The predicted octanol–water partition coefficient (Wildman–Crippen LogP) is 3.72. The number of benzene rings is 3. The summed E-state index contributed by atoms with van der Waals surface area (Å²) in [4.78, 5) is 11.4. The molecule has 4 nitrogen and oxygen atoms in total. The Morgan fingerprint density at radius 2 is 1.31 bits per heavy atom. The standard InChI is InChI=1S/C21H16O4.Li.H/c1-14-12-18-19(13-17(14)20(22)23)25-21(24-18,15-8-4-2-5-9-15)16-10-6-3-7-11-16;;/h2-13H,1H3,(H,22,23);;. The van der Waals surface area contributed by atoms with Crippen LogP contribution in [0.4, 0.5) is 0 Å². The molecule has 3 aromatic carbocycles. The molecule has 0 aromatic heterocycles. The van der Waals surface area contributed by atoms with E-state index in [0.717, 1.165) is 11.1 Å². The van der Waals surface area contributed by atoms with E-state index in [-0.39, 0.29) is 24.4 Å². The van der Waals surface area contributed by atoms with E-state index in [4.69, 9.17) is 9.47 Å². The molecule has 126 valence electrons. The van der Waals surface area contributed by atoms with Crippen molar-refractivity contribution in [1.29, 1.82) is 0 Å². The van der Waals surface area contributed by atoms with E-state index < -0.39 is 11.8 Å². The topological polar surface area (TPSA) is 55.8 Å². The second-order valence-corrected chi connectivity index (χ2v) is 5.97. The van der Waals surface area contributed by atoms with Gasteiger partial charge >= 0.3 is 30.6 Å². The monoisotopic (exact) mass is 340 g/mol. The van der Waals surface area contributed by atoms with E-state index in [1.807, 2.05) is 60.7 Å². The van der Waals surface area contributed by atoms with Crippen LogP contribution in [0, 0.1) is 6.92 Å². The van der Waals surface area contributed by atoms with Crippen molar-refractivity contribution in [3.05, 3.63) is 95.1 Å². The molecule has 1 N–H and O–H groups in total. The molecular weight excluding hydrogens is 323 g/mol. The average Bonchev–Trinajstić information content (AvgIpc) is 3.02. The van der Waals surface area contributed by atoms with E-state index in [1.54, 1.807) is 13.0 Å². The van der Waals surface area contributed by atoms with Crippen molar-refractivity contribution < 1.29 is 19.4 Å². The summed E-state index contributed by atoms with van der Waals surface area (Å²) in [6.07, 6.45) is 0. The Bertz CT molecular complexity index is 899. The number of aromatic carboxylic acids is 1. The molecule has 0 atom stereocenters. The maximum atomic E-state index is 11.4. The van der Waals surface area contributed by atoms with Crippen LogP contribution in [0.3, 0.4) is 0 Å². The molecule has 0 unspecified atom stereocenters. The number of fused-ring (bicyclic) bond motifs is 1. The van der Waals surface area contributed by atoms with E-state index in [9.17, 15) is 9.90 Å². The fourth-order valence-corrected chi connectivity index (χ4v) is 3.10. The summed E-state index contributed by atoms with van der Waals surface area (Å²) in [5.74, 6) is -1.15. The zero-order valence-electron chi connectivity index (χ0n) is 13.6. The third-order valence-electron chi connectivity index (χ3n) is 4.34. The summed E-state index contributed by atoms with van der Waals surface area (Å²) >= 11 is 0. The van der Waals surface area contributed by atoms with Gasteiger partial charge in [-0.05, 0) is 24.6 Å². The van der Waals surface area contributed by atoms with Crippen LogP contribution >= 0.6 is 0 Å². The predicted molar refractivity (Wildman–Crippen MR) is 100 cm³/mol. The van der Waals surface area contributed by atoms with Crippen LogP contribution in [0.15, 0.2) is 72.8 Å². The van der Waals surface area contributed by atoms with Crippen LogP contribution in [0.5, 0.6) is 11.5 Å². The fraction of sp³-hybridized carbons (Fsp3) is 0.0952. The number of hydrogen-bond donors (Lipinski definition) is 1. The van der Waals surface area contributed by atoms with Crippen molar-refractivity contribution in [1.82, 2.24) is 0 Å². The van der Waals surface area contributed by atoms with E-state index in [1.165, 1.54) is 6.07 Å². The Morgan fingerprint density at radius 1 is 0.846 bits per heavy atom. The minimum atomic E-state index is -1.13. The normalized spacial score (nSPS) is 13.7. The summed E-state index contributed by atoms with van der Waals surface area (Å²) in [5.41, 5.74) is 2.52. The van der Waals surface area contributed by atoms with Crippen molar-refractivity contribution in [3.8, 4) is 11.5 Å². The van der Waals surface area contributed by atoms with Crippen molar-refractivity contribution in [3.63, 3.8) is 0 Å². The Kier molecular flexibility index (Phi) is 4.82. The Hall–Kier alpha value is -2.67. The number of carboxylic acid groups (broad SMARTS) is 1. The molecule has 5 heteroatoms. The molecule has 0 fully saturated rings. The van der Waals surface area contributed by atoms with Crippen molar-refractivity contribution in [2.75, 3.05) is 0 Å². The minimum absolute atomic E-state index is 0. The zero-order chi connectivity index (χ0) is 17.4. The second kappa shape index (κ2) is 6.91. The molecule has 0 aliphatic carbocycles. The van der Waals surface area contributed by atoms with E-state index in [2.05, 4.69) is 0 Å². The third kappa shape index (κ3) is 2.88. The quantitative estimate of drug-likeness (QED) is 0.739. The summed E-state index contributed by atoms with van der Waals surface area (Å²) in [5, 5.41) is 9.36. The Labute approximate surface area is 163 Å². The molecule has 3 aromatic rings. The Balaban J connectivity index is 0.00000196. The first-order valence-electron chi connectivity index (χ1n) is 7.97. The van der Waals surface area contributed by atoms with Gasteiger partial charge in [0.1, 0.15) is 0 Å². The first-order valence-corrected chi connectivity index (χ1v) is 7.97. The molecule has 26 heavy (non-hydrogen) atoms. The fourth-order valence-electron chi connectivity index (χ4n) is 3.10. The van der Waals surface area contributed by atoms with Crippen LogP contribution < -0.4 is 9.47 Å². The summed E-state index contributed by atoms with van der Waals surface area (Å²) < 4.78 is 12.5. The van der Waals surface area contributed by atoms with Gasteiger partial charge in [-0.3, -0.25) is 0 Å². The third-order valence-corrected chi connectivity index (χ3v) is 4.34. The van der Waals surface area contributed by atoms with Crippen molar-refractivity contribution in [2.45, 2.75) is 12.7 Å². The number of ether oxygens (including phenoxy) is 2. The summed E-state index contributed by atoms with van der Waals surface area (Å²) in [6, 6.07) is 22.5. The van der Waals surface area contributed by atoms with Crippen LogP contribution in [0.2, 0.25) is 0 Å². The van der Waals surface area contributed by atoms with Crippen molar-refractivity contribution >= 4 is 24.8 Å². The Morgan fingerprint density at radius 3 is 1.77 bits per heavy atom. The second-order valence-electron chi connectivity index (χ2n) is 5.97. The number of hydrogen-bond acceptors (Lipinski definition) is 3. The molecule has 0 saturated carbocycles. The molecule has 0 bridgehead atoms. The van der Waals surface area contributed by atoms with Gasteiger partial charge in [0, 0.05) is 11.1 Å². The van der Waals surface area contributed by atoms with Gasteiger partial charge in [0.05, 0.1) is 5.56 Å². The van der Waals surface area contributed by atoms with Crippen LogP contribution in [0.25, 0.3) is 0 Å². The summed E-state index contributed by atoms with van der Waals surface area (Å²) in [7, 11) is 0. The van der Waals surface area contributed by atoms with Gasteiger partial charge in [-0.1, -0.05) is 60.7 Å². The maximum absolute atomic E-state index is 11.4. The molecule has 0 amide bonds. The molecule has 0 radical (unpaired) electrons. The number of aryl methyl sites for hydroxylation is 1. The van der Waals surface area contributed by atoms with Crippen LogP contribution in [-0.2, 0) is 5.79 Å². The van der Waals surface area contributed by atoms with Gasteiger partial charge < -0.3 is 14.6 Å². The van der Waals surface area contributed by atoms with Gasteiger partial charge in [0.15, 0.2) is 11.5 Å². The first kappa shape index (κ1) is 18.1. The van der Waals surface area contributed by atoms with Crippen molar-refractivity contribution in [2.24, 2.45) is 0 Å². The van der Waals surface area contributed by atoms with Gasteiger partial charge in [-0.25, -0.2) is 4.79 Å². The first-order chi connectivity index (χ1) is 12.1. The summed E-state index contributed by atoms with van der Waals surface area (Å²) in [6.45, 7) is 1.75. The van der Waals surface area contributed by atoms with Gasteiger partial charge in [0.2, 0.25) is 0 Å². The molecule has 1 aliphatic heterocycles. The number of carboxylic acids is 1. The van der Waals surface area contributed by atoms with E-state index in [0.29, 0.717) is 17.1 Å². The number of rotatable bonds is 3.